The molecule has 0 radical (unpaired) electrons. The average molecular weight is 285 g/mol. The van der Waals surface area contributed by atoms with Crippen LogP contribution >= 0.6 is 0 Å². The van der Waals surface area contributed by atoms with Gasteiger partial charge in [-0.1, -0.05) is 43.3 Å². The maximum absolute atomic E-state index is 5.83. The molecule has 112 valence electrons. The van der Waals surface area contributed by atoms with Crippen molar-refractivity contribution < 1.29 is 9.47 Å². The molecule has 0 amide bonds. The molecule has 2 aromatic rings. The van der Waals surface area contributed by atoms with Gasteiger partial charge in [-0.25, -0.2) is 0 Å². The standard InChI is InChI=1S/C18H23NO2/c1-3-19-12-15-7-9-16(10-8-15)14-21-18-6-4-5-17(11-18)13-20-2/h4-11,19H,3,12-14H2,1-2H3. The van der Waals surface area contributed by atoms with Crippen LogP contribution in [0.3, 0.4) is 0 Å². The van der Waals surface area contributed by atoms with Gasteiger partial charge in [0.25, 0.3) is 0 Å². The lowest BCUT2D eigenvalue weighted by Gasteiger charge is -2.09. The van der Waals surface area contributed by atoms with Crippen molar-refractivity contribution in [1.82, 2.24) is 5.32 Å². The Morgan fingerprint density at radius 2 is 1.67 bits per heavy atom. The van der Waals surface area contributed by atoms with Crippen molar-refractivity contribution in [1.29, 1.82) is 0 Å². The summed E-state index contributed by atoms with van der Waals surface area (Å²) in [5, 5.41) is 3.32. The zero-order valence-electron chi connectivity index (χ0n) is 12.8. The largest absolute Gasteiger partial charge is 0.489 e. The average Bonchev–Trinajstić information content (AvgIpc) is 2.53. The minimum atomic E-state index is 0.581. The van der Waals surface area contributed by atoms with Gasteiger partial charge in [0, 0.05) is 13.7 Å². The zero-order chi connectivity index (χ0) is 14.9. The number of hydrogen-bond donors (Lipinski definition) is 1. The minimum absolute atomic E-state index is 0.581. The van der Waals surface area contributed by atoms with E-state index in [0.29, 0.717) is 13.2 Å². The van der Waals surface area contributed by atoms with Gasteiger partial charge < -0.3 is 14.8 Å². The molecule has 0 fully saturated rings. The monoisotopic (exact) mass is 285 g/mol. The predicted octanol–water partition coefficient (Wildman–Crippen LogP) is 3.52. The summed E-state index contributed by atoms with van der Waals surface area (Å²) < 4.78 is 11.0. The Labute approximate surface area is 126 Å². The van der Waals surface area contributed by atoms with E-state index in [1.54, 1.807) is 7.11 Å². The van der Waals surface area contributed by atoms with Gasteiger partial charge in [-0.3, -0.25) is 0 Å². The smallest absolute Gasteiger partial charge is 0.120 e. The number of ether oxygens (including phenoxy) is 2. The molecule has 0 aliphatic rings. The van der Waals surface area contributed by atoms with Crippen molar-refractivity contribution in [3.63, 3.8) is 0 Å². The molecule has 0 aliphatic carbocycles. The predicted molar refractivity (Wildman–Crippen MR) is 85.3 cm³/mol. The Balaban J connectivity index is 1.88. The minimum Gasteiger partial charge on any atom is -0.489 e. The molecule has 0 bridgehead atoms. The molecule has 0 aromatic heterocycles. The Hall–Kier alpha value is -1.84. The fraction of sp³-hybridized carbons (Fsp3) is 0.333. The van der Waals surface area contributed by atoms with Crippen LogP contribution in [0, 0.1) is 0 Å². The summed E-state index contributed by atoms with van der Waals surface area (Å²) in [5.74, 6) is 0.876. The highest BCUT2D eigenvalue weighted by Gasteiger charge is 1.99. The fourth-order valence-electron chi connectivity index (χ4n) is 2.08. The zero-order valence-corrected chi connectivity index (χ0v) is 12.8. The van der Waals surface area contributed by atoms with Crippen molar-refractivity contribution in [2.45, 2.75) is 26.7 Å². The molecule has 21 heavy (non-hydrogen) atoms. The Bertz CT molecular complexity index is 537. The van der Waals surface area contributed by atoms with E-state index in [0.717, 1.165) is 24.4 Å². The maximum Gasteiger partial charge on any atom is 0.120 e. The van der Waals surface area contributed by atoms with Crippen molar-refractivity contribution in [3.05, 3.63) is 65.2 Å². The van der Waals surface area contributed by atoms with Gasteiger partial charge in [0.1, 0.15) is 12.4 Å². The lowest BCUT2D eigenvalue weighted by Crippen LogP contribution is -2.11. The summed E-state index contributed by atoms with van der Waals surface area (Å²) in [6, 6.07) is 16.5. The fourth-order valence-corrected chi connectivity index (χ4v) is 2.08. The summed E-state index contributed by atoms with van der Waals surface area (Å²) in [6.45, 7) is 5.20. The third kappa shape index (κ3) is 5.21. The molecule has 0 atom stereocenters. The summed E-state index contributed by atoms with van der Waals surface area (Å²) in [7, 11) is 1.70. The Morgan fingerprint density at radius 3 is 2.38 bits per heavy atom. The number of hydrogen-bond acceptors (Lipinski definition) is 3. The van der Waals surface area contributed by atoms with Crippen LogP contribution in [0.25, 0.3) is 0 Å². The molecule has 2 aromatic carbocycles. The maximum atomic E-state index is 5.83. The van der Waals surface area contributed by atoms with Crippen LogP contribution in [0.2, 0.25) is 0 Å². The first-order valence-corrected chi connectivity index (χ1v) is 7.31. The van der Waals surface area contributed by atoms with E-state index in [1.807, 2.05) is 24.3 Å². The van der Waals surface area contributed by atoms with Gasteiger partial charge in [-0.2, -0.15) is 0 Å². The number of benzene rings is 2. The molecule has 0 aliphatic heterocycles. The van der Waals surface area contributed by atoms with Crippen molar-refractivity contribution >= 4 is 0 Å². The van der Waals surface area contributed by atoms with Crippen molar-refractivity contribution in [2.75, 3.05) is 13.7 Å². The molecule has 0 saturated carbocycles. The van der Waals surface area contributed by atoms with E-state index in [9.17, 15) is 0 Å². The first-order chi connectivity index (χ1) is 10.3. The summed E-state index contributed by atoms with van der Waals surface area (Å²) >= 11 is 0. The Morgan fingerprint density at radius 1 is 0.905 bits per heavy atom. The van der Waals surface area contributed by atoms with Gasteiger partial charge in [0.15, 0.2) is 0 Å². The van der Waals surface area contributed by atoms with Gasteiger partial charge in [0.05, 0.1) is 6.61 Å². The number of rotatable bonds is 8. The van der Waals surface area contributed by atoms with E-state index >= 15 is 0 Å². The first-order valence-electron chi connectivity index (χ1n) is 7.31. The van der Waals surface area contributed by atoms with E-state index < -0.39 is 0 Å². The quantitative estimate of drug-likeness (QED) is 0.805. The van der Waals surface area contributed by atoms with E-state index in [1.165, 1.54) is 11.1 Å². The van der Waals surface area contributed by atoms with Crippen LogP contribution < -0.4 is 10.1 Å². The molecule has 3 heteroatoms. The molecule has 0 heterocycles. The SMILES string of the molecule is CCNCc1ccc(COc2cccc(COC)c2)cc1. The molecular weight excluding hydrogens is 262 g/mol. The second-order valence-electron chi connectivity index (χ2n) is 4.97. The summed E-state index contributed by atoms with van der Waals surface area (Å²) in [6.07, 6.45) is 0. The molecule has 0 unspecified atom stereocenters. The summed E-state index contributed by atoms with van der Waals surface area (Å²) in [4.78, 5) is 0. The van der Waals surface area contributed by atoms with Crippen LogP contribution in [0.15, 0.2) is 48.5 Å². The van der Waals surface area contributed by atoms with Crippen molar-refractivity contribution in [3.8, 4) is 5.75 Å². The van der Waals surface area contributed by atoms with Crippen LogP contribution in [0.4, 0.5) is 0 Å². The van der Waals surface area contributed by atoms with E-state index in [2.05, 4.69) is 36.5 Å². The molecule has 3 nitrogen and oxygen atoms in total. The Kier molecular flexibility index (Phi) is 6.25. The second kappa shape index (κ2) is 8.45. The molecular formula is C18H23NO2. The number of methoxy groups -OCH3 is 1. The van der Waals surface area contributed by atoms with Gasteiger partial charge in [0.2, 0.25) is 0 Å². The van der Waals surface area contributed by atoms with Crippen LogP contribution in [-0.4, -0.2) is 13.7 Å². The topological polar surface area (TPSA) is 30.5 Å². The van der Waals surface area contributed by atoms with Crippen LogP contribution in [0.5, 0.6) is 5.75 Å². The first kappa shape index (κ1) is 15.5. The lowest BCUT2D eigenvalue weighted by molar-refractivity contribution is 0.184. The highest BCUT2D eigenvalue weighted by atomic mass is 16.5. The lowest BCUT2D eigenvalue weighted by atomic mass is 10.1. The van der Waals surface area contributed by atoms with Gasteiger partial charge in [-0.05, 0) is 35.4 Å². The molecule has 2 rings (SSSR count). The normalized spacial score (nSPS) is 10.6. The van der Waals surface area contributed by atoms with E-state index in [-0.39, 0.29) is 0 Å². The highest BCUT2D eigenvalue weighted by molar-refractivity contribution is 5.29. The van der Waals surface area contributed by atoms with E-state index in [4.69, 9.17) is 9.47 Å². The third-order valence-electron chi connectivity index (χ3n) is 3.22. The summed E-state index contributed by atoms with van der Waals surface area (Å²) in [5.41, 5.74) is 3.59. The number of nitrogens with one attached hydrogen (secondary N) is 1. The van der Waals surface area contributed by atoms with Crippen LogP contribution in [0.1, 0.15) is 23.6 Å². The molecule has 0 spiro atoms. The highest BCUT2D eigenvalue weighted by Crippen LogP contribution is 2.16. The molecule has 1 N–H and O–H groups in total. The second-order valence-corrected chi connectivity index (χ2v) is 4.97. The van der Waals surface area contributed by atoms with Gasteiger partial charge >= 0.3 is 0 Å². The van der Waals surface area contributed by atoms with Crippen molar-refractivity contribution in [2.24, 2.45) is 0 Å². The van der Waals surface area contributed by atoms with Gasteiger partial charge in [-0.15, -0.1) is 0 Å². The molecule has 0 saturated heterocycles. The van der Waals surface area contributed by atoms with Crippen LogP contribution in [-0.2, 0) is 24.5 Å². The third-order valence-corrected chi connectivity index (χ3v) is 3.22.